The number of aromatic nitrogens is 5. The molecule has 3 heterocycles. The Morgan fingerprint density at radius 2 is 2.00 bits per heavy atom. The quantitative estimate of drug-likeness (QED) is 0.298. The lowest BCUT2D eigenvalue weighted by atomic mass is 10.1. The van der Waals surface area contributed by atoms with Crippen LogP contribution in [0.2, 0.25) is 0 Å². The summed E-state index contributed by atoms with van der Waals surface area (Å²) >= 11 is 1.49. The van der Waals surface area contributed by atoms with Crippen LogP contribution >= 0.6 is 11.8 Å². The second kappa shape index (κ2) is 7.71. The summed E-state index contributed by atoms with van der Waals surface area (Å²) < 4.78 is 4.45. The van der Waals surface area contributed by atoms with E-state index in [9.17, 15) is 4.79 Å². The number of carbonyl (C=O) groups excluding carboxylic acids is 1. The summed E-state index contributed by atoms with van der Waals surface area (Å²) in [5.41, 5.74) is 5.14. The van der Waals surface area contributed by atoms with Crippen LogP contribution in [0.1, 0.15) is 60.5 Å². The lowest BCUT2D eigenvalue weighted by molar-refractivity contribution is 0.102. The highest BCUT2D eigenvalue weighted by atomic mass is 32.2. The lowest BCUT2D eigenvalue weighted by Crippen LogP contribution is -2.09. The van der Waals surface area contributed by atoms with E-state index in [0.717, 1.165) is 57.2 Å². The molecular weight excluding hydrogens is 406 g/mol. The minimum Gasteiger partial charge on any atom is -0.360 e. The van der Waals surface area contributed by atoms with Crippen molar-refractivity contribution in [2.24, 2.45) is 0 Å². The van der Waals surface area contributed by atoms with Gasteiger partial charge in [-0.05, 0) is 52.7 Å². The molecule has 3 aromatic heterocycles. The standard InChI is InChI=1S/C24H27N5OS/c1-14(2)28-15(3)11-19(16(28)4)22(30)13-31-24-27-26-23(29(24)17-9-10-17)20-12-25-21-8-6-5-7-18(20)21/h5-8,11-12,14,17,25H,9-10,13H2,1-4H3. The number of nitrogens with zero attached hydrogens (tertiary/aromatic N) is 4. The van der Waals surface area contributed by atoms with E-state index in [1.807, 2.05) is 31.3 Å². The molecule has 6 nitrogen and oxygen atoms in total. The third-order valence-corrected chi connectivity index (χ3v) is 6.98. The van der Waals surface area contributed by atoms with Gasteiger partial charge in [-0.1, -0.05) is 30.0 Å². The number of carbonyl (C=O) groups is 1. The summed E-state index contributed by atoms with van der Waals surface area (Å²) in [5.74, 6) is 1.39. The Labute approximate surface area is 186 Å². The zero-order valence-electron chi connectivity index (χ0n) is 18.3. The van der Waals surface area contributed by atoms with Gasteiger partial charge in [0.05, 0.1) is 5.75 Å². The van der Waals surface area contributed by atoms with Crippen LogP contribution in [0.15, 0.2) is 41.7 Å². The van der Waals surface area contributed by atoms with Crippen LogP contribution in [0.5, 0.6) is 0 Å². The van der Waals surface area contributed by atoms with Crippen molar-refractivity contribution in [2.75, 3.05) is 5.75 Å². The molecule has 31 heavy (non-hydrogen) atoms. The predicted octanol–water partition coefficient (Wildman–Crippen LogP) is 5.74. The topological polar surface area (TPSA) is 68.5 Å². The van der Waals surface area contributed by atoms with Crippen molar-refractivity contribution >= 4 is 28.4 Å². The Hall–Kier alpha value is -2.80. The number of aromatic amines is 1. The molecule has 5 rings (SSSR count). The average molecular weight is 434 g/mol. The molecule has 1 N–H and O–H groups in total. The van der Waals surface area contributed by atoms with Crippen LogP contribution in [-0.2, 0) is 0 Å². The molecule has 4 aromatic rings. The maximum atomic E-state index is 13.0. The molecule has 1 aromatic carbocycles. The molecule has 0 bridgehead atoms. The molecule has 0 unspecified atom stereocenters. The highest BCUT2D eigenvalue weighted by molar-refractivity contribution is 7.99. The molecule has 0 spiro atoms. The van der Waals surface area contributed by atoms with Crippen molar-refractivity contribution in [1.29, 1.82) is 0 Å². The first kappa shape index (κ1) is 20.1. The first-order valence-electron chi connectivity index (χ1n) is 10.8. The van der Waals surface area contributed by atoms with Gasteiger partial charge in [0.15, 0.2) is 16.8 Å². The minimum absolute atomic E-state index is 0.143. The number of hydrogen-bond donors (Lipinski definition) is 1. The van der Waals surface area contributed by atoms with Crippen molar-refractivity contribution in [3.8, 4) is 11.4 Å². The third-order valence-electron chi connectivity index (χ3n) is 6.04. The Bertz CT molecular complexity index is 1270. The molecule has 0 amide bonds. The molecule has 7 heteroatoms. The average Bonchev–Trinajstić information content (AvgIpc) is 3.23. The maximum absolute atomic E-state index is 13.0. The van der Waals surface area contributed by atoms with Crippen LogP contribution in [0.25, 0.3) is 22.3 Å². The molecule has 1 aliphatic rings. The van der Waals surface area contributed by atoms with E-state index >= 15 is 0 Å². The maximum Gasteiger partial charge on any atom is 0.192 e. The summed E-state index contributed by atoms with van der Waals surface area (Å²) in [6.07, 6.45) is 4.27. The van der Waals surface area contributed by atoms with E-state index in [4.69, 9.17) is 0 Å². The smallest absolute Gasteiger partial charge is 0.192 e. The molecule has 1 saturated carbocycles. The fourth-order valence-corrected chi connectivity index (χ4v) is 5.43. The molecule has 0 saturated heterocycles. The summed E-state index contributed by atoms with van der Waals surface area (Å²) in [6.45, 7) is 8.39. The van der Waals surface area contributed by atoms with E-state index < -0.39 is 0 Å². The third kappa shape index (κ3) is 3.51. The largest absolute Gasteiger partial charge is 0.360 e. The number of aryl methyl sites for hydroxylation is 1. The van der Waals surface area contributed by atoms with E-state index in [1.54, 1.807) is 0 Å². The van der Waals surface area contributed by atoms with Crippen molar-refractivity contribution < 1.29 is 4.79 Å². The number of nitrogens with one attached hydrogen (secondary N) is 1. The molecule has 0 aliphatic heterocycles. The van der Waals surface area contributed by atoms with Gasteiger partial charge in [0, 0.05) is 51.7 Å². The zero-order chi connectivity index (χ0) is 21.7. The monoisotopic (exact) mass is 433 g/mol. The van der Waals surface area contributed by atoms with E-state index in [1.165, 1.54) is 11.8 Å². The molecule has 1 aliphatic carbocycles. The molecule has 1 fully saturated rings. The number of thioether (sulfide) groups is 1. The Morgan fingerprint density at radius 1 is 1.23 bits per heavy atom. The number of rotatable bonds is 7. The number of ketones is 1. The van der Waals surface area contributed by atoms with Crippen LogP contribution < -0.4 is 0 Å². The summed E-state index contributed by atoms with van der Waals surface area (Å²) in [4.78, 5) is 16.4. The highest BCUT2D eigenvalue weighted by Gasteiger charge is 2.31. The second-order valence-electron chi connectivity index (χ2n) is 8.62. The van der Waals surface area contributed by atoms with Crippen LogP contribution in [-0.4, -0.2) is 35.9 Å². The summed E-state index contributed by atoms with van der Waals surface area (Å²) in [7, 11) is 0. The second-order valence-corrected chi connectivity index (χ2v) is 9.56. The number of Topliss-reactive ketones (excluding diaryl/α,β-unsaturated/α-hetero) is 1. The predicted molar refractivity (Wildman–Crippen MR) is 125 cm³/mol. The SMILES string of the molecule is Cc1cc(C(=O)CSc2nnc(-c3c[nH]c4ccccc34)n2C2CC2)c(C)n1C(C)C. The van der Waals surface area contributed by atoms with Crippen LogP contribution in [0.4, 0.5) is 0 Å². The first-order valence-corrected chi connectivity index (χ1v) is 11.8. The number of hydrogen-bond acceptors (Lipinski definition) is 4. The van der Waals surface area contributed by atoms with E-state index in [0.29, 0.717) is 17.8 Å². The normalized spacial score (nSPS) is 14.1. The van der Waals surface area contributed by atoms with Gasteiger partial charge in [0.25, 0.3) is 0 Å². The Kier molecular flexibility index (Phi) is 5.01. The summed E-state index contributed by atoms with van der Waals surface area (Å²) in [6, 6.07) is 11.0. The van der Waals surface area contributed by atoms with E-state index in [-0.39, 0.29) is 5.78 Å². The van der Waals surface area contributed by atoms with Gasteiger partial charge < -0.3 is 9.55 Å². The Balaban J connectivity index is 1.42. The van der Waals surface area contributed by atoms with Gasteiger partial charge in [0.1, 0.15) is 0 Å². The van der Waals surface area contributed by atoms with E-state index in [2.05, 4.69) is 57.2 Å². The van der Waals surface area contributed by atoms with Gasteiger partial charge in [-0.25, -0.2) is 0 Å². The number of fused-ring (bicyclic) bond motifs is 1. The number of H-pyrrole nitrogens is 1. The Morgan fingerprint density at radius 3 is 2.71 bits per heavy atom. The first-order chi connectivity index (χ1) is 15.0. The van der Waals surface area contributed by atoms with Gasteiger partial charge in [-0.2, -0.15) is 0 Å². The summed E-state index contributed by atoms with van der Waals surface area (Å²) in [5, 5.41) is 11.0. The van der Waals surface area contributed by atoms with Crippen molar-refractivity contribution in [1.82, 2.24) is 24.3 Å². The molecular formula is C24H27N5OS. The molecule has 0 atom stereocenters. The van der Waals surface area contributed by atoms with Crippen molar-refractivity contribution in [2.45, 2.75) is 57.8 Å². The molecule has 160 valence electrons. The minimum atomic E-state index is 0.143. The number of para-hydroxylation sites is 1. The van der Waals surface area contributed by atoms with Gasteiger partial charge in [-0.15, -0.1) is 10.2 Å². The number of benzene rings is 1. The van der Waals surface area contributed by atoms with Gasteiger partial charge >= 0.3 is 0 Å². The molecule has 0 radical (unpaired) electrons. The van der Waals surface area contributed by atoms with Crippen LogP contribution in [0.3, 0.4) is 0 Å². The van der Waals surface area contributed by atoms with Crippen molar-refractivity contribution in [3.63, 3.8) is 0 Å². The fourth-order valence-electron chi connectivity index (χ4n) is 4.54. The lowest BCUT2D eigenvalue weighted by Gasteiger charge is -2.13. The zero-order valence-corrected chi connectivity index (χ0v) is 19.2. The fraction of sp³-hybridized carbons (Fsp3) is 0.375. The highest BCUT2D eigenvalue weighted by Crippen LogP contribution is 2.42. The van der Waals surface area contributed by atoms with Crippen molar-refractivity contribution in [3.05, 3.63) is 53.5 Å². The van der Waals surface area contributed by atoms with Crippen LogP contribution in [0, 0.1) is 13.8 Å². The van der Waals surface area contributed by atoms with Gasteiger partial charge in [0.2, 0.25) is 0 Å². The van der Waals surface area contributed by atoms with Gasteiger partial charge in [-0.3, -0.25) is 9.36 Å².